The SMILES string of the molecule is COC(=O)c1cccc(NC(=O)c2cc(S(=O)(=O)N3CCCCC3)ccc2C)c1. The number of aryl methyl sites for hydroxylation is 1. The van der Waals surface area contributed by atoms with Crippen LogP contribution in [0, 0.1) is 6.92 Å². The molecule has 1 fully saturated rings. The molecular weight excluding hydrogens is 392 g/mol. The van der Waals surface area contributed by atoms with Gasteiger partial charge in [-0.25, -0.2) is 13.2 Å². The van der Waals surface area contributed by atoms with Crippen LogP contribution in [-0.2, 0) is 14.8 Å². The van der Waals surface area contributed by atoms with Crippen molar-refractivity contribution in [3.05, 3.63) is 59.2 Å². The minimum atomic E-state index is -3.64. The summed E-state index contributed by atoms with van der Waals surface area (Å²) in [5, 5.41) is 2.72. The molecule has 1 aliphatic rings. The number of hydrogen-bond acceptors (Lipinski definition) is 5. The van der Waals surface area contributed by atoms with Crippen LogP contribution in [0.5, 0.6) is 0 Å². The number of nitrogens with zero attached hydrogens (tertiary/aromatic N) is 1. The molecule has 0 aromatic heterocycles. The Balaban J connectivity index is 1.86. The van der Waals surface area contributed by atoms with Gasteiger partial charge in [0.2, 0.25) is 10.0 Å². The van der Waals surface area contributed by atoms with Crippen molar-refractivity contribution >= 4 is 27.6 Å². The van der Waals surface area contributed by atoms with E-state index in [1.165, 1.54) is 29.6 Å². The van der Waals surface area contributed by atoms with Gasteiger partial charge in [-0.05, 0) is 55.7 Å². The van der Waals surface area contributed by atoms with E-state index in [1.54, 1.807) is 31.2 Å². The number of amides is 1. The average Bonchev–Trinajstić information content (AvgIpc) is 2.74. The van der Waals surface area contributed by atoms with Crippen molar-refractivity contribution < 1.29 is 22.7 Å². The number of anilines is 1. The molecule has 1 aliphatic heterocycles. The molecule has 1 N–H and O–H groups in total. The number of methoxy groups -OCH3 is 1. The van der Waals surface area contributed by atoms with Gasteiger partial charge < -0.3 is 10.1 Å². The first kappa shape index (κ1) is 21.0. The molecule has 2 aromatic rings. The third kappa shape index (κ3) is 4.65. The van der Waals surface area contributed by atoms with Crippen molar-refractivity contribution in [2.24, 2.45) is 0 Å². The predicted octanol–water partition coefficient (Wildman–Crippen LogP) is 3.21. The molecule has 0 aliphatic carbocycles. The molecule has 1 saturated heterocycles. The molecule has 0 saturated carbocycles. The van der Waals surface area contributed by atoms with Crippen LogP contribution in [0.3, 0.4) is 0 Å². The Morgan fingerprint density at radius 1 is 1.03 bits per heavy atom. The Labute approximate surface area is 170 Å². The maximum Gasteiger partial charge on any atom is 0.337 e. The molecule has 0 atom stereocenters. The second-order valence-electron chi connectivity index (χ2n) is 6.97. The van der Waals surface area contributed by atoms with E-state index in [4.69, 9.17) is 0 Å². The molecule has 2 aromatic carbocycles. The summed E-state index contributed by atoms with van der Waals surface area (Å²) in [4.78, 5) is 24.6. The summed E-state index contributed by atoms with van der Waals surface area (Å²) in [5.74, 6) is -0.952. The van der Waals surface area contributed by atoms with Crippen LogP contribution >= 0.6 is 0 Å². The second-order valence-corrected chi connectivity index (χ2v) is 8.91. The van der Waals surface area contributed by atoms with Gasteiger partial charge in [-0.15, -0.1) is 0 Å². The van der Waals surface area contributed by atoms with Crippen LogP contribution in [0.2, 0.25) is 0 Å². The van der Waals surface area contributed by atoms with Gasteiger partial charge in [0.15, 0.2) is 0 Å². The first-order chi connectivity index (χ1) is 13.8. The van der Waals surface area contributed by atoms with Crippen molar-refractivity contribution in [3.8, 4) is 0 Å². The van der Waals surface area contributed by atoms with Crippen LogP contribution in [0.4, 0.5) is 5.69 Å². The van der Waals surface area contributed by atoms with Crippen LogP contribution in [-0.4, -0.2) is 44.8 Å². The van der Waals surface area contributed by atoms with Gasteiger partial charge in [0.1, 0.15) is 0 Å². The van der Waals surface area contributed by atoms with E-state index in [0.717, 1.165) is 19.3 Å². The zero-order valence-corrected chi connectivity index (χ0v) is 17.3. The number of carbonyl (C=O) groups excluding carboxylic acids is 2. The standard InChI is InChI=1S/C21H24N2O5S/c1-15-9-10-18(29(26,27)23-11-4-3-5-12-23)14-19(15)20(24)22-17-8-6-7-16(13-17)21(25)28-2/h6-10,13-14H,3-5,11-12H2,1-2H3,(H,22,24). The molecule has 1 heterocycles. The van der Waals surface area contributed by atoms with E-state index in [0.29, 0.717) is 29.9 Å². The summed E-state index contributed by atoms with van der Waals surface area (Å²) in [7, 11) is -2.35. The molecule has 1 amide bonds. The van der Waals surface area contributed by atoms with Crippen molar-refractivity contribution in [1.29, 1.82) is 0 Å². The third-order valence-corrected chi connectivity index (χ3v) is 6.84. The molecule has 0 bridgehead atoms. The number of nitrogens with one attached hydrogen (secondary N) is 1. The molecule has 3 rings (SSSR count). The lowest BCUT2D eigenvalue weighted by Gasteiger charge is -2.26. The van der Waals surface area contributed by atoms with E-state index in [9.17, 15) is 18.0 Å². The summed E-state index contributed by atoms with van der Waals surface area (Å²) < 4.78 is 32.0. The number of benzene rings is 2. The van der Waals surface area contributed by atoms with Crippen LogP contribution in [0.25, 0.3) is 0 Å². The Morgan fingerprint density at radius 3 is 2.45 bits per heavy atom. The number of piperidine rings is 1. The summed E-state index contributed by atoms with van der Waals surface area (Å²) in [6.07, 6.45) is 2.71. The molecule has 0 unspecified atom stereocenters. The highest BCUT2D eigenvalue weighted by Gasteiger charge is 2.27. The van der Waals surface area contributed by atoms with E-state index in [2.05, 4.69) is 10.1 Å². The Kier molecular flexibility index (Phi) is 6.34. The molecule has 0 radical (unpaired) electrons. The third-order valence-electron chi connectivity index (χ3n) is 4.95. The lowest BCUT2D eigenvalue weighted by atomic mass is 10.1. The van der Waals surface area contributed by atoms with Gasteiger partial charge in [-0.1, -0.05) is 18.6 Å². The van der Waals surface area contributed by atoms with Gasteiger partial charge in [0.25, 0.3) is 5.91 Å². The second kappa shape index (κ2) is 8.75. The highest BCUT2D eigenvalue weighted by atomic mass is 32.2. The zero-order chi connectivity index (χ0) is 21.0. The summed E-state index contributed by atoms with van der Waals surface area (Å²) >= 11 is 0. The Morgan fingerprint density at radius 2 is 1.76 bits per heavy atom. The number of ether oxygens (including phenoxy) is 1. The quantitative estimate of drug-likeness (QED) is 0.756. The van der Waals surface area contributed by atoms with Gasteiger partial charge in [-0.3, -0.25) is 4.79 Å². The fourth-order valence-corrected chi connectivity index (χ4v) is 4.84. The van der Waals surface area contributed by atoms with Crippen LogP contribution in [0.15, 0.2) is 47.4 Å². The first-order valence-corrected chi connectivity index (χ1v) is 10.9. The van der Waals surface area contributed by atoms with Gasteiger partial charge in [-0.2, -0.15) is 4.31 Å². The number of rotatable bonds is 5. The Bertz CT molecular complexity index is 1030. The van der Waals surface area contributed by atoms with Crippen molar-refractivity contribution in [2.45, 2.75) is 31.1 Å². The fourth-order valence-electron chi connectivity index (χ4n) is 3.30. The van der Waals surface area contributed by atoms with E-state index in [-0.39, 0.29) is 10.5 Å². The molecule has 29 heavy (non-hydrogen) atoms. The average molecular weight is 416 g/mol. The van der Waals surface area contributed by atoms with Crippen molar-refractivity contribution in [3.63, 3.8) is 0 Å². The lowest BCUT2D eigenvalue weighted by molar-refractivity contribution is 0.0600. The van der Waals surface area contributed by atoms with Gasteiger partial charge in [0, 0.05) is 24.3 Å². The van der Waals surface area contributed by atoms with E-state index >= 15 is 0 Å². The summed E-state index contributed by atoms with van der Waals surface area (Å²) in [5.41, 5.74) is 1.65. The molecular formula is C21H24N2O5S. The largest absolute Gasteiger partial charge is 0.465 e. The topological polar surface area (TPSA) is 92.8 Å². The fraction of sp³-hybridized carbons (Fsp3) is 0.333. The van der Waals surface area contributed by atoms with E-state index < -0.39 is 21.9 Å². The summed E-state index contributed by atoms with van der Waals surface area (Å²) in [6.45, 7) is 2.74. The number of hydrogen-bond donors (Lipinski definition) is 1. The van der Waals surface area contributed by atoms with Crippen LogP contribution in [0.1, 0.15) is 45.5 Å². The number of carbonyl (C=O) groups is 2. The van der Waals surface area contributed by atoms with Gasteiger partial charge >= 0.3 is 5.97 Å². The molecule has 0 spiro atoms. The van der Waals surface area contributed by atoms with Crippen molar-refractivity contribution in [1.82, 2.24) is 4.31 Å². The smallest absolute Gasteiger partial charge is 0.337 e. The number of esters is 1. The molecule has 7 nitrogen and oxygen atoms in total. The highest BCUT2D eigenvalue weighted by molar-refractivity contribution is 7.89. The predicted molar refractivity (Wildman–Crippen MR) is 110 cm³/mol. The molecule has 8 heteroatoms. The maximum atomic E-state index is 12.9. The minimum Gasteiger partial charge on any atom is -0.465 e. The Hall–Kier alpha value is -2.71. The molecule has 154 valence electrons. The first-order valence-electron chi connectivity index (χ1n) is 9.43. The van der Waals surface area contributed by atoms with E-state index in [1.807, 2.05) is 0 Å². The minimum absolute atomic E-state index is 0.110. The number of sulfonamides is 1. The summed E-state index contributed by atoms with van der Waals surface area (Å²) in [6, 6.07) is 11.0. The van der Waals surface area contributed by atoms with Crippen molar-refractivity contribution in [2.75, 3.05) is 25.5 Å². The van der Waals surface area contributed by atoms with Gasteiger partial charge in [0.05, 0.1) is 17.6 Å². The highest BCUT2D eigenvalue weighted by Crippen LogP contribution is 2.23. The zero-order valence-electron chi connectivity index (χ0n) is 16.5. The maximum absolute atomic E-state index is 12.9. The monoisotopic (exact) mass is 416 g/mol. The lowest BCUT2D eigenvalue weighted by Crippen LogP contribution is -2.35. The normalized spacial score (nSPS) is 15.0. The van der Waals surface area contributed by atoms with Crippen LogP contribution < -0.4 is 5.32 Å².